The molecule has 0 atom stereocenters. The summed E-state index contributed by atoms with van der Waals surface area (Å²) < 4.78 is 1.57. The van der Waals surface area contributed by atoms with Crippen LogP contribution in [0.15, 0.2) is 12.1 Å². The molecular formula is C26H44S2. The van der Waals surface area contributed by atoms with Crippen LogP contribution < -0.4 is 0 Å². The Labute approximate surface area is 183 Å². The van der Waals surface area contributed by atoms with E-state index in [0.717, 1.165) is 0 Å². The third-order valence-corrected chi connectivity index (χ3v) is 8.38. The lowest BCUT2D eigenvalue weighted by Gasteiger charge is -2.01. The van der Waals surface area contributed by atoms with E-state index in [1.807, 2.05) is 0 Å². The smallest absolute Gasteiger partial charge is 0.0870 e. The van der Waals surface area contributed by atoms with Crippen molar-refractivity contribution >= 4 is 32.1 Å². The van der Waals surface area contributed by atoms with E-state index in [1.165, 1.54) is 121 Å². The molecule has 2 heteroatoms. The summed E-state index contributed by atoms with van der Waals surface area (Å²) in [4.78, 5) is 3.23. The fourth-order valence-corrected chi connectivity index (χ4v) is 6.68. The van der Waals surface area contributed by atoms with Crippen molar-refractivity contribution in [3.63, 3.8) is 0 Å². The van der Waals surface area contributed by atoms with Gasteiger partial charge in [-0.15, -0.1) is 22.7 Å². The molecular weight excluding hydrogens is 376 g/mol. The normalized spacial score (nSPS) is 11.6. The molecule has 0 N–H and O–H groups in total. The van der Waals surface area contributed by atoms with Gasteiger partial charge in [0.2, 0.25) is 0 Å². The Kier molecular flexibility index (Phi) is 13.2. The Morgan fingerprint density at radius 1 is 0.500 bits per heavy atom. The van der Waals surface area contributed by atoms with Gasteiger partial charge in [-0.1, -0.05) is 104 Å². The Bertz CT molecular complexity index is 526. The zero-order chi connectivity index (χ0) is 19.9. The average Bonchev–Trinajstić information content (AvgIpc) is 3.24. The van der Waals surface area contributed by atoms with Crippen molar-refractivity contribution in [2.75, 3.05) is 0 Å². The maximum Gasteiger partial charge on any atom is 0.0870 e. The van der Waals surface area contributed by atoms with Crippen molar-refractivity contribution in [2.24, 2.45) is 0 Å². The van der Waals surface area contributed by atoms with Crippen LogP contribution in [-0.2, 0) is 12.8 Å². The molecule has 0 unspecified atom stereocenters. The monoisotopic (exact) mass is 420 g/mol. The average molecular weight is 421 g/mol. The van der Waals surface area contributed by atoms with Gasteiger partial charge in [0.15, 0.2) is 0 Å². The van der Waals surface area contributed by atoms with Gasteiger partial charge in [-0.25, -0.2) is 0 Å². The van der Waals surface area contributed by atoms with Gasteiger partial charge in [0.25, 0.3) is 0 Å². The molecule has 0 bridgehead atoms. The summed E-state index contributed by atoms with van der Waals surface area (Å²) in [6.07, 6.45) is 25.3. The van der Waals surface area contributed by atoms with Crippen LogP contribution >= 0.6 is 22.7 Å². The van der Waals surface area contributed by atoms with E-state index in [1.54, 1.807) is 13.8 Å². The lowest BCUT2D eigenvalue weighted by atomic mass is 10.1. The minimum atomic E-state index is 1.30. The first-order valence-corrected chi connectivity index (χ1v) is 14.0. The summed E-state index contributed by atoms with van der Waals surface area (Å²) in [6, 6.07) is 4.96. The first kappa shape index (κ1) is 23.9. The van der Waals surface area contributed by atoms with Crippen LogP contribution in [0.2, 0.25) is 0 Å². The van der Waals surface area contributed by atoms with Crippen LogP contribution in [0.3, 0.4) is 0 Å². The lowest BCUT2D eigenvalue weighted by Crippen LogP contribution is -1.84. The van der Waals surface area contributed by atoms with Crippen molar-refractivity contribution in [1.29, 1.82) is 0 Å². The molecule has 2 aromatic rings. The van der Waals surface area contributed by atoms with Crippen LogP contribution in [0.5, 0.6) is 0 Å². The molecule has 0 amide bonds. The third kappa shape index (κ3) is 9.92. The van der Waals surface area contributed by atoms with Crippen molar-refractivity contribution in [3.05, 3.63) is 21.9 Å². The van der Waals surface area contributed by atoms with Crippen LogP contribution in [0.25, 0.3) is 9.40 Å². The molecule has 0 aromatic carbocycles. The highest BCUT2D eigenvalue weighted by atomic mass is 32.2. The van der Waals surface area contributed by atoms with Crippen LogP contribution in [-0.4, -0.2) is 0 Å². The molecule has 2 rings (SSSR count). The largest absolute Gasteiger partial charge is 0.129 e. The van der Waals surface area contributed by atoms with Crippen LogP contribution in [0.1, 0.15) is 126 Å². The fraction of sp³-hybridized carbons (Fsp3) is 0.769. The van der Waals surface area contributed by atoms with E-state index < -0.39 is 0 Å². The van der Waals surface area contributed by atoms with Gasteiger partial charge in [0.05, 0.1) is 4.01 Å². The maximum atomic E-state index is 2.48. The highest BCUT2D eigenvalue weighted by molar-refractivity contribution is 7.38. The second-order valence-electron chi connectivity index (χ2n) is 8.62. The topological polar surface area (TPSA) is 0 Å². The van der Waals surface area contributed by atoms with E-state index in [9.17, 15) is 0 Å². The summed E-state index contributed by atoms with van der Waals surface area (Å²) in [5.41, 5.74) is 0. The van der Waals surface area contributed by atoms with E-state index in [2.05, 4.69) is 48.7 Å². The standard InChI is InChI=1S/C26H44S2/c1-3-5-7-9-11-13-15-17-19-24-21-23-22-25(28-26(23)27-24)20-18-16-14-12-10-8-6-4-2/h21-22H,3-20H2,1-2H3. The molecule has 2 heterocycles. The van der Waals surface area contributed by atoms with E-state index >= 15 is 0 Å². The van der Waals surface area contributed by atoms with Crippen molar-refractivity contribution < 1.29 is 0 Å². The third-order valence-electron chi connectivity index (χ3n) is 5.87. The van der Waals surface area contributed by atoms with Gasteiger partial charge in [0, 0.05) is 15.1 Å². The van der Waals surface area contributed by atoms with E-state index in [-0.39, 0.29) is 0 Å². The Hall–Kier alpha value is -0.340. The summed E-state index contributed by atoms with van der Waals surface area (Å²) in [7, 11) is 0. The predicted molar refractivity (Wildman–Crippen MR) is 132 cm³/mol. The maximum absolute atomic E-state index is 2.48. The molecule has 28 heavy (non-hydrogen) atoms. The van der Waals surface area contributed by atoms with Crippen molar-refractivity contribution in [2.45, 2.75) is 129 Å². The SMILES string of the molecule is CCCCCCCCCCc1cc2cc(CCCCCCCCCC)sc2s1. The Balaban J connectivity index is 1.54. The minimum absolute atomic E-state index is 1.30. The zero-order valence-corrected chi connectivity index (χ0v) is 20.3. The molecule has 0 spiro atoms. The number of thiophene rings is 2. The number of fused-ring (bicyclic) bond motifs is 1. The van der Waals surface area contributed by atoms with E-state index in [0.29, 0.717) is 0 Å². The van der Waals surface area contributed by atoms with Crippen molar-refractivity contribution in [3.8, 4) is 0 Å². The second kappa shape index (κ2) is 15.5. The van der Waals surface area contributed by atoms with E-state index in [4.69, 9.17) is 0 Å². The van der Waals surface area contributed by atoms with Crippen LogP contribution in [0, 0.1) is 0 Å². The second-order valence-corrected chi connectivity index (χ2v) is 11.1. The van der Waals surface area contributed by atoms with Crippen LogP contribution in [0.4, 0.5) is 0 Å². The highest BCUT2D eigenvalue weighted by Gasteiger charge is 2.07. The zero-order valence-electron chi connectivity index (χ0n) is 18.7. The fourth-order valence-electron chi connectivity index (χ4n) is 4.05. The molecule has 0 radical (unpaired) electrons. The molecule has 0 saturated carbocycles. The first-order chi connectivity index (χ1) is 13.8. The van der Waals surface area contributed by atoms with Crippen molar-refractivity contribution in [1.82, 2.24) is 0 Å². The highest BCUT2D eigenvalue weighted by Crippen LogP contribution is 2.35. The molecule has 0 aliphatic carbocycles. The summed E-state index contributed by atoms with van der Waals surface area (Å²) >= 11 is 4.13. The Morgan fingerprint density at radius 2 is 0.857 bits per heavy atom. The minimum Gasteiger partial charge on any atom is -0.129 e. The molecule has 0 nitrogen and oxygen atoms in total. The summed E-state index contributed by atoms with van der Waals surface area (Å²) in [5.74, 6) is 0. The quantitative estimate of drug-likeness (QED) is 0.210. The predicted octanol–water partition coefficient (Wildman–Crippen LogP) is 10.3. The van der Waals surface area contributed by atoms with Gasteiger partial charge >= 0.3 is 0 Å². The lowest BCUT2D eigenvalue weighted by molar-refractivity contribution is 0.576. The van der Waals surface area contributed by atoms with Gasteiger partial charge < -0.3 is 0 Å². The summed E-state index contributed by atoms with van der Waals surface area (Å²) in [6.45, 7) is 4.59. The van der Waals surface area contributed by atoms with Gasteiger partial charge in [-0.3, -0.25) is 0 Å². The molecule has 160 valence electrons. The molecule has 2 aromatic heterocycles. The molecule has 0 fully saturated rings. The number of rotatable bonds is 18. The van der Waals surface area contributed by atoms with Gasteiger partial charge in [0.1, 0.15) is 0 Å². The van der Waals surface area contributed by atoms with Gasteiger partial charge in [-0.05, 0) is 37.8 Å². The number of hydrogen-bond donors (Lipinski definition) is 0. The summed E-state index contributed by atoms with van der Waals surface area (Å²) in [5, 5.41) is 1.53. The number of unbranched alkanes of at least 4 members (excludes halogenated alkanes) is 14. The molecule has 0 saturated heterocycles. The number of hydrogen-bond acceptors (Lipinski definition) is 2. The first-order valence-electron chi connectivity index (χ1n) is 12.3. The van der Waals surface area contributed by atoms with Gasteiger partial charge in [-0.2, -0.15) is 0 Å². The number of aryl methyl sites for hydroxylation is 2. The molecule has 0 aliphatic heterocycles. The molecule has 0 aliphatic rings. The Morgan fingerprint density at radius 3 is 1.21 bits per heavy atom.